The zero-order valence-electron chi connectivity index (χ0n) is 8.45. The van der Waals surface area contributed by atoms with Crippen LogP contribution in [0.1, 0.15) is 31.9 Å². The minimum absolute atomic E-state index is 0.334. The quantitative estimate of drug-likeness (QED) is 0.778. The molecule has 4 heteroatoms. The van der Waals surface area contributed by atoms with Crippen molar-refractivity contribution in [3.8, 4) is 6.08 Å². The number of oxazole rings is 1. The van der Waals surface area contributed by atoms with Crippen molar-refractivity contribution in [1.29, 1.82) is 0 Å². The molecule has 1 aliphatic carbocycles. The van der Waals surface area contributed by atoms with Crippen LogP contribution >= 0.6 is 0 Å². The van der Waals surface area contributed by atoms with Crippen LogP contribution in [0.3, 0.4) is 0 Å². The average molecular weight is 196 g/mol. The first kappa shape index (κ1) is 9.52. The van der Waals surface area contributed by atoms with E-state index in [1.165, 1.54) is 6.42 Å². The summed E-state index contributed by atoms with van der Waals surface area (Å²) in [5, 5.41) is 3.18. The highest BCUT2D eigenvalue weighted by Gasteiger charge is 2.21. The van der Waals surface area contributed by atoms with E-state index in [9.17, 15) is 0 Å². The fourth-order valence-electron chi connectivity index (χ4n) is 1.31. The summed E-state index contributed by atoms with van der Waals surface area (Å²) < 4.78 is 10.7. The van der Waals surface area contributed by atoms with Gasteiger partial charge in [0.1, 0.15) is 12.4 Å². The maximum absolute atomic E-state index is 5.51. The zero-order valence-corrected chi connectivity index (χ0v) is 8.45. The largest absolute Gasteiger partial charge is 0.447 e. The van der Waals surface area contributed by atoms with Gasteiger partial charge in [0.25, 0.3) is 0 Å². The van der Waals surface area contributed by atoms with Gasteiger partial charge in [-0.2, -0.15) is 4.98 Å². The molecule has 1 N–H and O–H groups in total. The minimum atomic E-state index is 0.334. The number of ether oxygens (including phenoxy) is 1. The second-order valence-electron chi connectivity index (χ2n) is 3.56. The Balaban J connectivity index is 1.82. The van der Waals surface area contributed by atoms with Crippen LogP contribution in [-0.2, 0) is 6.54 Å². The summed E-state index contributed by atoms with van der Waals surface area (Å²) in [6.45, 7) is 3.74. The van der Waals surface area contributed by atoms with Gasteiger partial charge in [0.05, 0.1) is 5.69 Å². The monoisotopic (exact) mass is 196 g/mol. The summed E-state index contributed by atoms with van der Waals surface area (Å²) in [5.41, 5.74) is 0.904. The summed E-state index contributed by atoms with van der Waals surface area (Å²) in [6.07, 6.45) is 5.92. The fourth-order valence-corrected chi connectivity index (χ4v) is 1.31. The van der Waals surface area contributed by atoms with Crippen LogP contribution in [0.2, 0.25) is 0 Å². The van der Waals surface area contributed by atoms with E-state index in [4.69, 9.17) is 9.15 Å². The normalized spacial score (nSPS) is 16.6. The lowest BCUT2D eigenvalue weighted by Gasteiger charge is -2.23. The van der Waals surface area contributed by atoms with Gasteiger partial charge in [0.15, 0.2) is 0 Å². The number of nitrogens with one attached hydrogen (secondary N) is 1. The Morgan fingerprint density at radius 1 is 1.64 bits per heavy atom. The van der Waals surface area contributed by atoms with E-state index in [2.05, 4.69) is 17.2 Å². The third-order valence-electron chi connectivity index (χ3n) is 2.41. The summed E-state index contributed by atoms with van der Waals surface area (Å²) in [6, 6.07) is 0. The molecule has 1 fully saturated rings. The van der Waals surface area contributed by atoms with Crippen LogP contribution in [-0.4, -0.2) is 17.6 Å². The van der Waals surface area contributed by atoms with Crippen LogP contribution in [0, 0.1) is 0 Å². The predicted octanol–water partition coefficient (Wildman–Crippen LogP) is 1.72. The smallest absolute Gasteiger partial charge is 0.394 e. The fraction of sp³-hybridized carbons (Fsp3) is 0.700. The lowest BCUT2D eigenvalue weighted by Crippen LogP contribution is -2.24. The van der Waals surface area contributed by atoms with Crippen molar-refractivity contribution >= 4 is 0 Å². The van der Waals surface area contributed by atoms with Crippen LogP contribution < -0.4 is 10.1 Å². The van der Waals surface area contributed by atoms with E-state index in [0.717, 1.165) is 31.6 Å². The van der Waals surface area contributed by atoms with Crippen molar-refractivity contribution in [3.05, 3.63) is 12.0 Å². The molecule has 0 amide bonds. The van der Waals surface area contributed by atoms with Gasteiger partial charge < -0.3 is 14.5 Å². The highest BCUT2D eigenvalue weighted by atomic mass is 16.6. The van der Waals surface area contributed by atoms with E-state index in [-0.39, 0.29) is 0 Å². The van der Waals surface area contributed by atoms with Gasteiger partial charge in [-0.15, -0.1) is 0 Å². The van der Waals surface area contributed by atoms with Gasteiger partial charge in [-0.3, -0.25) is 0 Å². The second-order valence-corrected chi connectivity index (χ2v) is 3.56. The van der Waals surface area contributed by atoms with Crippen molar-refractivity contribution in [2.45, 2.75) is 38.8 Å². The van der Waals surface area contributed by atoms with Crippen molar-refractivity contribution in [2.75, 3.05) is 6.54 Å². The van der Waals surface area contributed by atoms with E-state index < -0.39 is 0 Å². The number of hydrogen-bond donors (Lipinski definition) is 1. The van der Waals surface area contributed by atoms with Crippen molar-refractivity contribution in [2.24, 2.45) is 0 Å². The number of aromatic nitrogens is 1. The molecule has 78 valence electrons. The highest BCUT2D eigenvalue weighted by molar-refractivity contribution is 5.00. The third kappa shape index (κ3) is 2.26. The Morgan fingerprint density at radius 2 is 2.50 bits per heavy atom. The molecule has 0 bridgehead atoms. The molecule has 4 nitrogen and oxygen atoms in total. The molecule has 14 heavy (non-hydrogen) atoms. The lowest BCUT2D eigenvalue weighted by molar-refractivity contribution is 0.0834. The Bertz CT molecular complexity index is 281. The number of nitrogens with zero attached hydrogens (tertiary/aromatic N) is 1. The maximum atomic E-state index is 5.51. The minimum Gasteiger partial charge on any atom is -0.447 e. The molecule has 0 radical (unpaired) electrons. The standard InChI is InChI=1S/C10H16N2O2/c1-2-11-6-8-7-13-10(12-8)14-9-4-3-5-9/h7,9,11H,2-6H2,1H3. The van der Waals surface area contributed by atoms with Gasteiger partial charge >= 0.3 is 6.08 Å². The van der Waals surface area contributed by atoms with Crippen molar-refractivity contribution in [3.63, 3.8) is 0 Å². The molecule has 0 spiro atoms. The SMILES string of the molecule is CCNCc1coc(OC2CCC2)n1. The second kappa shape index (κ2) is 4.46. The number of hydrogen-bond acceptors (Lipinski definition) is 4. The van der Waals surface area contributed by atoms with E-state index in [1.54, 1.807) is 6.26 Å². The third-order valence-corrected chi connectivity index (χ3v) is 2.41. The molecule has 1 aromatic rings. The Labute approximate surface area is 83.7 Å². The van der Waals surface area contributed by atoms with Gasteiger partial charge in [-0.25, -0.2) is 0 Å². The summed E-state index contributed by atoms with van der Waals surface area (Å²) in [4.78, 5) is 4.22. The molecule has 1 heterocycles. The van der Waals surface area contributed by atoms with Gasteiger partial charge in [-0.1, -0.05) is 6.92 Å². The van der Waals surface area contributed by atoms with E-state index in [0.29, 0.717) is 12.2 Å². The van der Waals surface area contributed by atoms with Crippen molar-refractivity contribution < 1.29 is 9.15 Å². The lowest BCUT2D eigenvalue weighted by atomic mass is 9.96. The van der Waals surface area contributed by atoms with Gasteiger partial charge in [0.2, 0.25) is 0 Å². The van der Waals surface area contributed by atoms with Crippen LogP contribution in [0.5, 0.6) is 6.08 Å². The average Bonchev–Trinajstić information content (AvgIpc) is 2.56. The molecule has 0 unspecified atom stereocenters. The Hall–Kier alpha value is -1.03. The highest BCUT2D eigenvalue weighted by Crippen LogP contribution is 2.24. The molecule has 0 aromatic carbocycles. The molecule has 1 aromatic heterocycles. The molecule has 0 atom stereocenters. The van der Waals surface area contributed by atoms with E-state index in [1.807, 2.05) is 0 Å². The summed E-state index contributed by atoms with van der Waals surface area (Å²) in [7, 11) is 0. The molecule has 0 saturated heterocycles. The zero-order chi connectivity index (χ0) is 9.80. The molecule has 1 saturated carbocycles. The van der Waals surface area contributed by atoms with E-state index >= 15 is 0 Å². The summed E-state index contributed by atoms with van der Waals surface area (Å²) >= 11 is 0. The maximum Gasteiger partial charge on any atom is 0.394 e. The molecular formula is C10H16N2O2. The van der Waals surface area contributed by atoms with Crippen LogP contribution in [0.25, 0.3) is 0 Å². The molecule has 2 rings (SSSR count). The van der Waals surface area contributed by atoms with Gasteiger partial charge in [0, 0.05) is 6.54 Å². The molecule has 0 aliphatic heterocycles. The van der Waals surface area contributed by atoms with Crippen molar-refractivity contribution in [1.82, 2.24) is 10.3 Å². The Kier molecular flexibility index (Phi) is 3.03. The topological polar surface area (TPSA) is 47.3 Å². The number of rotatable bonds is 5. The first-order chi connectivity index (χ1) is 6.88. The molecule has 1 aliphatic rings. The first-order valence-corrected chi connectivity index (χ1v) is 5.20. The predicted molar refractivity (Wildman–Crippen MR) is 52.2 cm³/mol. The summed E-state index contributed by atoms with van der Waals surface area (Å²) in [5.74, 6) is 0. The first-order valence-electron chi connectivity index (χ1n) is 5.20. The van der Waals surface area contributed by atoms with Crippen LogP contribution in [0.15, 0.2) is 10.7 Å². The van der Waals surface area contributed by atoms with Crippen LogP contribution in [0.4, 0.5) is 0 Å². The van der Waals surface area contributed by atoms with Gasteiger partial charge in [-0.05, 0) is 25.8 Å². The molecular weight excluding hydrogens is 180 g/mol. The Morgan fingerprint density at radius 3 is 3.14 bits per heavy atom.